The molecule has 2 atom stereocenters. The first-order valence-electron chi connectivity index (χ1n) is 8.14. The lowest BCUT2D eigenvalue weighted by atomic mass is 9.80. The summed E-state index contributed by atoms with van der Waals surface area (Å²) in [6.45, 7) is 9.19. The quantitative estimate of drug-likeness (QED) is 0.500. The van der Waals surface area contributed by atoms with E-state index in [4.69, 9.17) is 9.84 Å². The number of nitrogens with zero attached hydrogens (tertiary/aromatic N) is 1. The largest absolute Gasteiger partial charge is 0.478 e. The highest BCUT2D eigenvalue weighted by Crippen LogP contribution is 2.38. The summed E-state index contributed by atoms with van der Waals surface area (Å²) < 4.78 is 5.57. The van der Waals surface area contributed by atoms with Gasteiger partial charge >= 0.3 is 11.9 Å². The standard InChI is InChI=1S/C17H29NO6/c1-11(8-12(19)6-7-14(20)21)15(22)24-13-9-16(2,3)18(23)17(4,5)10-13/h6-7,11-13,19,23H,8-10H2,1-5H3,(H,20,21)/b7-6+. The van der Waals surface area contributed by atoms with Crippen LogP contribution in [0.25, 0.3) is 0 Å². The molecule has 0 aromatic rings. The highest BCUT2D eigenvalue weighted by atomic mass is 16.5. The third kappa shape index (κ3) is 5.58. The van der Waals surface area contributed by atoms with Gasteiger partial charge in [-0.15, -0.1) is 0 Å². The average molecular weight is 343 g/mol. The fraction of sp³-hybridized carbons (Fsp3) is 0.765. The number of rotatable bonds is 6. The van der Waals surface area contributed by atoms with Gasteiger partial charge in [-0.05, 0) is 40.2 Å². The SMILES string of the molecule is CC(CC(O)/C=C/C(=O)O)C(=O)OC1CC(C)(C)N(O)C(C)(C)C1. The number of aliphatic carboxylic acids is 1. The lowest BCUT2D eigenvalue weighted by molar-refractivity contribution is -0.260. The van der Waals surface area contributed by atoms with Gasteiger partial charge in [0.1, 0.15) is 6.10 Å². The first-order chi connectivity index (χ1) is 10.8. The number of carbonyl (C=O) groups excluding carboxylic acids is 1. The van der Waals surface area contributed by atoms with Gasteiger partial charge in [-0.25, -0.2) is 4.79 Å². The van der Waals surface area contributed by atoms with E-state index in [1.54, 1.807) is 6.92 Å². The van der Waals surface area contributed by atoms with Crippen LogP contribution in [0.2, 0.25) is 0 Å². The Kier molecular flexibility index (Phi) is 6.55. The summed E-state index contributed by atoms with van der Waals surface area (Å²) >= 11 is 0. The van der Waals surface area contributed by atoms with E-state index in [0.717, 1.165) is 12.2 Å². The lowest BCUT2D eigenvalue weighted by Crippen LogP contribution is -2.60. The second-order valence-corrected chi connectivity index (χ2v) is 7.81. The molecule has 0 amide bonds. The first kappa shape index (κ1) is 20.6. The Bertz CT molecular complexity index is 481. The summed E-state index contributed by atoms with van der Waals surface area (Å²) in [6.07, 6.45) is 1.76. The molecule has 24 heavy (non-hydrogen) atoms. The van der Waals surface area contributed by atoms with Crippen LogP contribution in [0.3, 0.4) is 0 Å². The maximum Gasteiger partial charge on any atom is 0.328 e. The number of esters is 1. The van der Waals surface area contributed by atoms with Gasteiger partial charge in [0.25, 0.3) is 0 Å². The predicted molar refractivity (Wildman–Crippen MR) is 87.5 cm³/mol. The zero-order valence-corrected chi connectivity index (χ0v) is 15.0. The Hall–Kier alpha value is -1.44. The van der Waals surface area contributed by atoms with Crippen LogP contribution in [0.4, 0.5) is 0 Å². The van der Waals surface area contributed by atoms with Crippen molar-refractivity contribution < 1.29 is 29.7 Å². The average Bonchev–Trinajstić information content (AvgIpc) is 2.41. The van der Waals surface area contributed by atoms with E-state index in [1.165, 1.54) is 5.06 Å². The van der Waals surface area contributed by atoms with Crippen LogP contribution in [0.15, 0.2) is 12.2 Å². The van der Waals surface area contributed by atoms with Crippen LogP contribution in [0.1, 0.15) is 53.9 Å². The van der Waals surface area contributed by atoms with Crippen molar-refractivity contribution in [1.29, 1.82) is 0 Å². The van der Waals surface area contributed by atoms with E-state index < -0.39 is 35.0 Å². The van der Waals surface area contributed by atoms with Gasteiger partial charge in [0.2, 0.25) is 0 Å². The topological polar surface area (TPSA) is 107 Å². The smallest absolute Gasteiger partial charge is 0.328 e. The number of carboxylic acids is 1. The molecule has 1 aliphatic rings. The molecule has 1 aliphatic heterocycles. The molecule has 1 saturated heterocycles. The number of carbonyl (C=O) groups is 2. The molecular formula is C17H29NO6. The fourth-order valence-electron chi connectivity index (χ4n) is 3.27. The summed E-state index contributed by atoms with van der Waals surface area (Å²) in [4.78, 5) is 22.7. The van der Waals surface area contributed by atoms with Crippen molar-refractivity contribution in [3.05, 3.63) is 12.2 Å². The van der Waals surface area contributed by atoms with Gasteiger partial charge < -0.3 is 20.2 Å². The minimum Gasteiger partial charge on any atom is -0.478 e. The van der Waals surface area contributed by atoms with Crippen molar-refractivity contribution in [3.63, 3.8) is 0 Å². The molecule has 7 heteroatoms. The van der Waals surface area contributed by atoms with E-state index in [-0.39, 0.29) is 12.5 Å². The number of hydroxylamine groups is 2. The van der Waals surface area contributed by atoms with Gasteiger partial charge in [0.15, 0.2) is 0 Å². The number of aliphatic hydroxyl groups excluding tert-OH is 1. The molecule has 0 radical (unpaired) electrons. The van der Waals surface area contributed by atoms with Crippen molar-refractivity contribution >= 4 is 11.9 Å². The number of hydrogen-bond acceptors (Lipinski definition) is 6. The number of carboxylic acid groups (broad SMARTS) is 1. The van der Waals surface area contributed by atoms with E-state index >= 15 is 0 Å². The lowest BCUT2D eigenvalue weighted by Gasteiger charge is -2.51. The Labute approximate surface area is 142 Å². The van der Waals surface area contributed by atoms with Crippen molar-refractivity contribution in [2.75, 3.05) is 0 Å². The summed E-state index contributed by atoms with van der Waals surface area (Å²) in [5.74, 6) is -2.14. The highest BCUT2D eigenvalue weighted by Gasteiger charge is 2.46. The van der Waals surface area contributed by atoms with Gasteiger partial charge in [0, 0.05) is 30.0 Å². The van der Waals surface area contributed by atoms with E-state index in [1.807, 2.05) is 27.7 Å². The zero-order chi connectivity index (χ0) is 18.7. The Balaban J connectivity index is 2.62. The number of ether oxygens (including phenoxy) is 1. The molecule has 0 spiro atoms. The van der Waals surface area contributed by atoms with Crippen molar-refractivity contribution in [1.82, 2.24) is 5.06 Å². The van der Waals surface area contributed by atoms with E-state index in [2.05, 4.69) is 0 Å². The third-order valence-corrected chi connectivity index (χ3v) is 4.34. The number of hydrogen-bond donors (Lipinski definition) is 3. The van der Waals surface area contributed by atoms with Crippen LogP contribution < -0.4 is 0 Å². The minimum atomic E-state index is -1.15. The molecule has 1 heterocycles. The van der Waals surface area contributed by atoms with Crippen molar-refractivity contribution in [2.24, 2.45) is 5.92 Å². The number of piperidine rings is 1. The minimum absolute atomic E-state index is 0.0915. The monoisotopic (exact) mass is 343 g/mol. The van der Waals surface area contributed by atoms with Gasteiger partial charge in [-0.3, -0.25) is 4.79 Å². The van der Waals surface area contributed by atoms with E-state index in [0.29, 0.717) is 12.8 Å². The maximum atomic E-state index is 12.2. The molecule has 0 aliphatic carbocycles. The van der Waals surface area contributed by atoms with E-state index in [9.17, 15) is 19.9 Å². The highest BCUT2D eigenvalue weighted by molar-refractivity contribution is 5.79. The van der Waals surface area contributed by atoms with Gasteiger partial charge in [-0.2, -0.15) is 5.06 Å². The van der Waals surface area contributed by atoms with Gasteiger partial charge in [0.05, 0.1) is 12.0 Å². The fourth-order valence-corrected chi connectivity index (χ4v) is 3.27. The number of aliphatic hydroxyl groups is 1. The second kappa shape index (κ2) is 7.63. The second-order valence-electron chi connectivity index (χ2n) is 7.81. The van der Waals surface area contributed by atoms with Crippen molar-refractivity contribution in [2.45, 2.75) is 77.2 Å². The molecule has 2 unspecified atom stereocenters. The van der Waals surface area contributed by atoms with Crippen LogP contribution in [-0.4, -0.2) is 55.7 Å². The molecule has 3 N–H and O–H groups in total. The summed E-state index contributed by atoms with van der Waals surface area (Å²) in [6, 6.07) is 0. The summed E-state index contributed by atoms with van der Waals surface area (Å²) in [5, 5.41) is 29.8. The predicted octanol–water partition coefficient (Wildman–Crippen LogP) is 1.97. The molecule has 0 saturated carbocycles. The molecular weight excluding hydrogens is 314 g/mol. The van der Waals surface area contributed by atoms with Crippen LogP contribution in [0, 0.1) is 5.92 Å². The third-order valence-electron chi connectivity index (χ3n) is 4.34. The Morgan fingerprint density at radius 1 is 1.25 bits per heavy atom. The summed E-state index contributed by atoms with van der Waals surface area (Å²) in [7, 11) is 0. The van der Waals surface area contributed by atoms with Crippen LogP contribution in [-0.2, 0) is 14.3 Å². The molecule has 1 rings (SSSR count). The normalized spacial score (nSPS) is 23.8. The maximum absolute atomic E-state index is 12.2. The van der Waals surface area contributed by atoms with Crippen LogP contribution >= 0.6 is 0 Å². The molecule has 1 fully saturated rings. The molecule has 0 aromatic heterocycles. The van der Waals surface area contributed by atoms with Crippen molar-refractivity contribution in [3.8, 4) is 0 Å². The molecule has 138 valence electrons. The van der Waals surface area contributed by atoms with Gasteiger partial charge in [-0.1, -0.05) is 6.92 Å². The first-order valence-corrected chi connectivity index (χ1v) is 8.14. The Morgan fingerprint density at radius 2 is 1.75 bits per heavy atom. The summed E-state index contributed by atoms with van der Waals surface area (Å²) in [5.41, 5.74) is -1.03. The molecule has 7 nitrogen and oxygen atoms in total. The Morgan fingerprint density at radius 3 is 2.21 bits per heavy atom. The molecule has 0 aromatic carbocycles. The van der Waals surface area contributed by atoms with Crippen LogP contribution in [0.5, 0.6) is 0 Å². The molecule has 0 bridgehead atoms. The zero-order valence-electron chi connectivity index (χ0n) is 15.0.